The largest absolute Gasteiger partial charge is 0.495 e. The fourth-order valence-corrected chi connectivity index (χ4v) is 4.54. The number of methoxy groups -OCH3 is 1. The first-order valence-corrected chi connectivity index (χ1v) is 10.6. The molecule has 0 aromatic heterocycles. The molecule has 0 radical (unpaired) electrons. The molecular formula is C23H24N2O3S. The molecule has 0 N–H and O–H groups in total. The number of carbonyl (C=O) groups is 1. The van der Waals surface area contributed by atoms with E-state index >= 15 is 0 Å². The summed E-state index contributed by atoms with van der Waals surface area (Å²) in [6.45, 7) is 4.78. The SMILES string of the molecule is COc1ccccc1N1C(=O)/C(=C/c2ccc3c(c2)CCCO3)S/C1=N\C(C)C. The lowest BCUT2D eigenvalue weighted by molar-refractivity contribution is -0.113. The Morgan fingerprint density at radius 2 is 2.07 bits per heavy atom. The minimum atomic E-state index is -0.0899. The zero-order valence-electron chi connectivity index (χ0n) is 16.8. The van der Waals surface area contributed by atoms with E-state index in [0.29, 0.717) is 21.5 Å². The van der Waals surface area contributed by atoms with Gasteiger partial charge in [0.2, 0.25) is 0 Å². The first kappa shape index (κ1) is 19.6. The molecule has 2 aliphatic rings. The number of nitrogens with zero attached hydrogens (tertiary/aromatic N) is 2. The van der Waals surface area contributed by atoms with Gasteiger partial charge in [0.05, 0.1) is 24.3 Å². The number of carbonyl (C=O) groups excluding carboxylic acids is 1. The molecular weight excluding hydrogens is 384 g/mol. The summed E-state index contributed by atoms with van der Waals surface area (Å²) >= 11 is 1.40. The number of para-hydroxylation sites is 2. The Bertz CT molecular complexity index is 997. The van der Waals surface area contributed by atoms with Crippen molar-refractivity contribution in [3.8, 4) is 11.5 Å². The lowest BCUT2D eigenvalue weighted by atomic mass is 10.0. The molecule has 29 heavy (non-hydrogen) atoms. The van der Waals surface area contributed by atoms with Gasteiger partial charge in [0.25, 0.3) is 5.91 Å². The summed E-state index contributed by atoms with van der Waals surface area (Å²) in [5, 5.41) is 0.669. The Morgan fingerprint density at radius 3 is 2.86 bits per heavy atom. The highest BCUT2D eigenvalue weighted by atomic mass is 32.2. The number of rotatable bonds is 4. The third-order valence-electron chi connectivity index (χ3n) is 4.73. The molecule has 1 saturated heterocycles. The van der Waals surface area contributed by atoms with Crippen LogP contribution in [0.1, 0.15) is 31.4 Å². The van der Waals surface area contributed by atoms with Crippen LogP contribution in [0.2, 0.25) is 0 Å². The number of aryl methyl sites for hydroxylation is 1. The van der Waals surface area contributed by atoms with Crippen LogP contribution >= 0.6 is 11.8 Å². The molecule has 1 amide bonds. The van der Waals surface area contributed by atoms with Gasteiger partial charge in [0, 0.05) is 6.04 Å². The predicted molar refractivity (Wildman–Crippen MR) is 119 cm³/mol. The second-order valence-corrected chi connectivity index (χ2v) is 8.26. The number of amides is 1. The summed E-state index contributed by atoms with van der Waals surface area (Å²) in [5.41, 5.74) is 2.89. The molecule has 4 rings (SSSR count). The number of benzene rings is 2. The quantitative estimate of drug-likeness (QED) is 0.675. The monoisotopic (exact) mass is 408 g/mol. The third-order valence-corrected chi connectivity index (χ3v) is 5.71. The molecule has 0 bridgehead atoms. The van der Waals surface area contributed by atoms with E-state index in [4.69, 9.17) is 14.5 Å². The van der Waals surface area contributed by atoms with Crippen molar-refractivity contribution in [2.24, 2.45) is 4.99 Å². The number of hydrogen-bond donors (Lipinski definition) is 0. The van der Waals surface area contributed by atoms with Crippen molar-refractivity contribution in [1.29, 1.82) is 0 Å². The molecule has 0 saturated carbocycles. The molecule has 1 fully saturated rings. The number of amidine groups is 1. The minimum Gasteiger partial charge on any atom is -0.495 e. The average Bonchev–Trinajstić information content (AvgIpc) is 3.01. The van der Waals surface area contributed by atoms with Gasteiger partial charge in [-0.1, -0.05) is 18.2 Å². The van der Waals surface area contributed by atoms with E-state index in [2.05, 4.69) is 6.07 Å². The standard InChI is InChI=1S/C23H24N2O3S/c1-15(2)24-23-25(18-8-4-5-9-20(18)27-3)22(26)21(29-23)14-16-10-11-19-17(13-16)7-6-12-28-19/h4-5,8-11,13-15H,6-7,12H2,1-3H3/b21-14-,24-23-. The molecule has 150 valence electrons. The van der Waals surface area contributed by atoms with Crippen LogP contribution in [0, 0.1) is 0 Å². The van der Waals surface area contributed by atoms with Crippen molar-refractivity contribution < 1.29 is 14.3 Å². The van der Waals surface area contributed by atoms with Gasteiger partial charge in [0.15, 0.2) is 5.17 Å². The molecule has 0 spiro atoms. The first-order valence-electron chi connectivity index (χ1n) is 9.77. The zero-order valence-corrected chi connectivity index (χ0v) is 17.7. The molecule has 2 heterocycles. The highest BCUT2D eigenvalue weighted by molar-refractivity contribution is 8.19. The number of hydrogen-bond acceptors (Lipinski definition) is 5. The number of ether oxygens (including phenoxy) is 2. The van der Waals surface area contributed by atoms with Crippen LogP contribution in [0.5, 0.6) is 11.5 Å². The van der Waals surface area contributed by atoms with Gasteiger partial charge in [-0.15, -0.1) is 0 Å². The molecule has 0 aliphatic carbocycles. The molecule has 2 aromatic rings. The van der Waals surface area contributed by atoms with Crippen LogP contribution in [0.3, 0.4) is 0 Å². The van der Waals surface area contributed by atoms with Crippen LogP contribution in [-0.4, -0.2) is 30.8 Å². The molecule has 0 atom stereocenters. The van der Waals surface area contributed by atoms with Gasteiger partial charge in [0.1, 0.15) is 11.5 Å². The summed E-state index contributed by atoms with van der Waals surface area (Å²) < 4.78 is 11.2. The van der Waals surface area contributed by atoms with Crippen molar-refractivity contribution >= 4 is 34.6 Å². The van der Waals surface area contributed by atoms with Crippen molar-refractivity contribution in [1.82, 2.24) is 0 Å². The van der Waals surface area contributed by atoms with Crippen LogP contribution < -0.4 is 14.4 Å². The fraction of sp³-hybridized carbons (Fsp3) is 0.304. The van der Waals surface area contributed by atoms with Gasteiger partial charge in [-0.25, -0.2) is 0 Å². The third kappa shape index (κ3) is 4.03. The Kier molecular flexibility index (Phi) is 5.62. The lowest BCUT2D eigenvalue weighted by Gasteiger charge is -2.19. The van der Waals surface area contributed by atoms with Crippen LogP contribution in [0.4, 0.5) is 5.69 Å². The molecule has 5 nitrogen and oxygen atoms in total. The number of anilines is 1. The van der Waals surface area contributed by atoms with Crippen LogP contribution in [-0.2, 0) is 11.2 Å². The lowest BCUT2D eigenvalue weighted by Crippen LogP contribution is -2.29. The van der Waals surface area contributed by atoms with Gasteiger partial charge in [-0.3, -0.25) is 14.7 Å². The summed E-state index contributed by atoms with van der Waals surface area (Å²) in [6, 6.07) is 13.7. The minimum absolute atomic E-state index is 0.0720. The summed E-state index contributed by atoms with van der Waals surface area (Å²) in [7, 11) is 1.61. The zero-order chi connectivity index (χ0) is 20.4. The maximum Gasteiger partial charge on any atom is 0.271 e. The number of fused-ring (bicyclic) bond motifs is 1. The Balaban J connectivity index is 1.73. The van der Waals surface area contributed by atoms with Crippen LogP contribution in [0.25, 0.3) is 6.08 Å². The molecule has 6 heteroatoms. The summed E-state index contributed by atoms with van der Waals surface area (Å²) in [6.07, 6.45) is 3.96. The van der Waals surface area contributed by atoms with Crippen molar-refractivity contribution in [2.75, 3.05) is 18.6 Å². The van der Waals surface area contributed by atoms with E-state index in [-0.39, 0.29) is 11.9 Å². The van der Waals surface area contributed by atoms with Crippen molar-refractivity contribution in [2.45, 2.75) is 32.7 Å². The van der Waals surface area contributed by atoms with Gasteiger partial charge >= 0.3 is 0 Å². The Morgan fingerprint density at radius 1 is 1.24 bits per heavy atom. The number of thioether (sulfide) groups is 1. The fourth-order valence-electron chi connectivity index (χ4n) is 3.43. The highest BCUT2D eigenvalue weighted by Crippen LogP contribution is 2.40. The average molecular weight is 409 g/mol. The highest BCUT2D eigenvalue weighted by Gasteiger charge is 2.36. The second kappa shape index (κ2) is 8.33. The predicted octanol–water partition coefficient (Wildman–Crippen LogP) is 4.91. The van der Waals surface area contributed by atoms with Gasteiger partial charge < -0.3 is 9.47 Å². The molecule has 2 aromatic carbocycles. The van der Waals surface area contributed by atoms with Crippen molar-refractivity contribution in [3.63, 3.8) is 0 Å². The Hall–Kier alpha value is -2.73. The van der Waals surface area contributed by atoms with E-state index in [0.717, 1.165) is 30.8 Å². The van der Waals surface area contributed by atoms with E-state index in [1.807, 2.05) is 56.3 Å². The number of aliphatic imine (C=N–C) groups is 1. The summed E-state index contributed by atoms with van der Waals surface area (Å²) in [5.74, 6) is 1.50. The molecule has 2 aliphatic heterocycles. The van der Waals surface area contributed by atoms with E-state index < -0.39 is 0 Å². The molecule has 0 unspecified atom stereocenters. The van der Waals surface area contributed by atoms with E-state index in [1.165, 1.54) is 17.3 Å². The maximum atomic E-state index is 13.3. The Labute approximate surface area is 175 Å². The topological polar surface area (TPSA) is 51.1 Å². The van der Waals surface area contributed by atoms with Crippen molar-refractivity contribution in [3.05, 3.63) is 58.5 Å². The smallest absolute Gasteiger partial charge is 0.271 e. The van der Waals surface area contributed by atoms with Gasteiger partial charge in [-0.2, -0.15) is 0 Å². The van der Waals surface area contributed by atoms with Crippen LogP contribution in [0.15, 0.2) is 52.4 Å². The normalized spacial score (nSPS) is 19.0. The van der Waals surface area contributed by atoms with E-state index in [9.17, 15) is 4.79 Å². The van der Waals surface area contributed by atoms with Gasteiger partial charge in [-0.05, 0) is 79.9 Å². The first-order chi connectivity index (χ1) is 14.1. The second-order valence-electron chi connectivity index (χ2n) is 7.25. The van der Waals surface area contributed by atoms with E-state index in [1.54, 1.807) is 12.0 Å². The maximum absolute atomic E-state index is 13.3. The summed E-state index contributed by atoms with van der Waals surface area (Å²) in [4.78, 5) is 20.3.